The molecular formula is C14H20N2O. The lowest BCUT2D eigenvalue weighted by Crippen LogP contribution is -2.29. The van der Waals surface area contributed by atoms with Gasteiger partial charge >= 0.3 is 0 Å². The van der Waals surface area contributed by atoms with E-state index in [4.69, 9.17) is 4.74 Å². The molecule has 2 aliphatic rings. The highest BCUT2D eigenvalue weighted by Crippen LogP contribution is 2.28. The quantitative estimate of drug-likeness (QED) is 0.803. The lowest BCUT2D eigenvalue weighted by Gasteiger charge is -2.29. The Morgan fingerprint density at radius 1 is 1.12 bits per heavy atom. The van der Waals surface area contributed by atoms with E-state index in [0.29, 0.717) is 0 Å². The lowest BCUT2D eigenvalue weighted by atomic mass is 10.1. The monoisotopic (exact) mass is 232 g/mol. The minimum Gasteiger partial charge on any atom is -0.492 e. The van der Waals surface area contributed by atoms with Gasteiger partial charge in [0.25, 0.3) is 0 Å². The molecule has 0 atom stereocenters. The van der Waals surface area contributed by atoms with E-state index < -0.39 is 0 Å². The van der Waals surface area contributed by atoms with Crippen LogP contribution in [-0.2, 0) is 6.54 Å². The van der Waals surface area contributed by atoms with Crippen LogP contribution in [0.15, 0.2) is 18.2 Å². The maximum atomic E-state index is 5.79. The number of ether oxygens (including phenoxy) is 1. The number of fused-ring (bicyclic) bond motifs is 1. The van der Waals surface area contributed by atoms with Crippen molar-refractivity contribution in [3.8, 4) is 5.75 Å². The molecule has 0 saturated carbocycles. The van der Waals surface area contributed by atoms with Crippen LogP contribution in [0.25, 0.3) is 0 Å². The third kappa shape index (κ3) is 2.39. The first-order valence-corrected chi connectivity index (χ1v) is 6.65. The predicted molar refractivity (Wildman–Crippen MR) is 69.7 cm³/mol. The van der Waals surface area contributed by atoms with Gasteiger partial charge in [-0.3, -0.25) is 0 Å². The van der Waals surface area contributed by atoms with Gasteiger partial charge in [-0.05, 0) is 25.3 Å². The van der Waals surface area contributed by atoms with Crippen molar-refractivity contribution >= 4 is 5.69 Å². The Morgan fingerprint density at radius 3 is 2.88 bits per heavy atom. The SMILES string of the molecule is c1cc2c(cc1N1CCCCC1)OCCNC2. The molecule has 3 heteroatoms. The van der Waals surface area contributed by atoms with E-state index in [9.17, 15) is 0 Å². The van der Waals surface area contributed by atoms with Crippen LogP contribution in [0.5, 0.6) is 5.75 Å². The molecule has 3 nitrogen and oxygen atoms in total. The Bertz CT molecular complexity index is 386. The highest BCUT2D eigenvalue weighted by molar-refractivity contribution is 5.54. The topological polar surface area (TPSA) is 24.5 Å². The summed E-state index contributed by atoms with van der Waals surface area (Å²) in [6, 6.07) is 6.66. The van der Waals surface area contributed by atoms with Crippen LogP contribution in [0.1, 0.15) is 24.8 Å². The van der Waals surface area contributed by atoms with Gasteiger partial charge in [-0.1, -0.05) is 6.07 Å². The van der Waals surface area contributed by atoms with E-state index in [1.165, 1.54) is 43.6 Å². The number of nitrogens with one attached hydrogen (secondary N) is 1. The van der Waals surface area contributed by atoms with Gasteiger partial charge in [-0.15, -0.1) is 0 Å². The largest absolute Gasteiger partial charge is 0.492 e. The van der Waals surface area contributed by atoms with Gasteiger partial charge in [0.05, 0.1) is 0 Å². The van der Waals surface area contributed by atoms with Crippen molar-refractivity contribution in [2.24, 2.45) is 0 Å². The van der Waals surface area contributed by atoms with Gasteiger partial charge in [-0.2, -0.15) is 0 Å². The summed E-state index contributed by atoms with van der Waals surface area (Å²) in [5.74, 6) is 1.07. The molecule has 0 unspecified atom stereocenters. The molecule has 0 spiro atoms. The standard InChI is InChI=1S/C14H20N2O/c1-2-7-16(8-3-1)13-5-4-12-11-15-6-9-17-14(12)10-13/h4-5,10,15H,1-3,6-9,11H2. The number of hydrogen-bond acceptors (Lipinski definition) is 3. The molecule has 1 aromatic rings. The van der Waals surface area contributed by atoms with E-state index in [1.54, 1.807) is 0 Å². The molecule has 0 aromatic heterocycles. The number of hydrogen-bond donors (Lipinski definition) is 1. The summed E-state index contributed by atoms with van der Waals surface area (Å²) in [6.07, 6.45) is 4.01. The Kier molecular flexibility index (Phi) is 3.18. The first-order valence-electron chi connectivity index (χ1n) is 6.65. The predicted octanol–water partition coefficient (Wildman–Crippen LogP) is 2.16. The molecule has 92 valence electrons. The normalized spacial score (nSPS) is 20.4. The summed E-state index contributed by atoms with van der Waals surface area (Å²) >= 11 is 0. The van der Waals surface area contributed by atoms with Gasteiger partial charge in [0.1, 0.15) is 12.4 Å². The van der Waals surface area contributed by atoms with Crippen LogP contribution in [0.4, 0.5) is 5.69 Å². The zero-order chi connectivity index (χ0) is 11.5. The average Bonchev–Trinajstić information content (AvgIpc) is 2.64. The molecule has 3 rings (SSSR count). The summed E-state index contributed by atoms with van der Waals surface area (Å²) in [4.78, 5) is 2.48. The number of benzene rings is 1. The number of piperidine rings is 1. The summed E-state index contributed by atoms with van der Waals surface area (Å²) < 4.78 is 5.79. The van der Waals surface area contributed by atoms with Gasteiger partial charge in [-0.25, -0.2) is 0 Å². The molecule has 2 heterocycles. The van der Waals surface area contributed by atoms with E-state index in [0.717, 1.165) is 25.4 Å². The first kappa shape index (κ1) is 10.9. The smallest absolute Gasteiger partial charge is 0.125 e. The minimum absolute atomic E-state index is 0.774. The van der Waals surface area contributed by atoms with Crippen molar-refractivity contribution in [1.29, 1.82) is 0 Å². The van der Waals surface area contributed by atoms with Crippen LogP contribution in [-0.4, -0.2) is 26.2 Å². The average molecular weight is 232 g/mol. The molecule has 1 aromatic carbocycles. The fraction of sp³-hybridized carbons (Fsp3) is 0.571. The fourth-order valence-corrected chi connectivity index (χ4v) is 2.63. The van der Waals surface area contributed by atoms with E-state index in [2.05, 4.69) is 28.4 Å². The molecule has 17 heavy (non-hydrogen) atoms. The zero-order valence-corrected chi connectivity index (χ0v) is 10.2. The van der Waals surface area contributed by atoms with E-state index >= 15 is 0 Å². The van der Waals surface area contributed by atoms with Crippen molar-refractivity contribution in [3.05, 3.63) is 23.8 Å². The Labute approximate surface area is 103 Å². The molecule has 1 fully saturated rings. The van der Waals surface area contributed by atoms with E-state index in [-0.39, 0.29) is 0 Å². The Hall–Kier alpha value is -1.22. The second-order valence-electron chi connectivity index (χ2n) is 4.86. The van der Waals surface area contributed by atoms with Crippen molar-refractivity contribution in [2.45, 2.75) is 25.8 Å². The van der Waals surface area contributed by atoms with E-state index in [1.807, 2.05) is 0 Å². The van der Waals surface area contributed by atoms with Crippen LogP contribution in [0.3, 0.4) is 0 Å². The fourth-order valence-electron chi connectivity index (χ4n) is 2.63. The number of nitrogens with zero attached hydrogens (tertiary/aromatic N) is 1. The van der Waals surface area contributed by atoms with Crippen molar-refractivity contribution < 1.29 is 4.74 Å². The molecule has 1 saturated heterocycles. The third-order valence-corrected chi connectivity index (χ3v) is 3.62. The summed E-state index contributed by atoms with van der Waals surface area (Å²) in [7, 11) is 0. The molecule has 0 amide bonds. The molecular weight excluding hydrogens is 212 g/mol. The van der Waals surface area contributed by atoms with Crippen LogP contribution in [0, 0.1) is 0 Å². The lowest BCUT2D eigenvalue weighted by molar-refractivity contribution is 0.325. The van der Waals surface area contributed by atoms with Crippen molar-refractivity contribution in [1.82, 2.24) is 5.32 Å². The molecule has 0 radical (unpaired) electrons. The van der Waals surface area contributed by atoms with Crippen LogP contribution in [0.2, 0.25) is 0 Å². The van der Waals surface area contributed by atoms with Gasteiger partial charge in [0.15, 0.2) is 0 Å². The second-order valence-corrected chi connectivity index (χ2v) is 4.86. The number of rotatable bonds is 1. The highest BCUT2D eigenvalue weighted by Gasteiger charge is 2.14. The summed E-state index contributed by atoms with van der Waals surface area (Å²) in [6.45, 7) is 5.02. The van der Waals surface area contributed by atoms with Crippen molar-refractivity contribution in [3.63, 3.8) is 0 Å². The maximum absolute atomic E-state index is 5.79. The molecule has 1 N–H and O–H groups in total. The Morgan fingerprint density at radius 2 is 2.00 bits per heavy atom. The summed E-state index contributed by atoms with van der Waals surface area (Å²) in [5.41, 5.74) is 2.61. The van der Waals surface area contributed by atoms with Gasteiger partial charge in [0.2, 0.25) is 0 Å². The molecule has 0 aliphatic carbocycles. The third-order valence-electron chi connectivity index (χ3n) is 3.62. The van der Waals surface area contributed by atoms with Gasteiger partial charge < -0.3 is 15.0 Å². The summed E-state index contributed by atoms with van der Waals surface area (Å²) in [5, 5.41) is 3.36. The second kappa shape index (κ2) is 4.96. The van der Waals surface area contributed by atoms with Crippen LogP contribution >= 0.6 is 0 Å². The van der Waals surface area contributed by atoms with Crippen molar-refractivity contribution in [2.75, 3.05) is 31.1 Å². The number of anilines is 1. The molecule has 2 aliphatic heterocycles. The van der Waals surface area contributed by atoms with Crippen LogP contribution < -0.4 is 15.0 Å². The first-order chi connectivity index (χ1) is 8.43. The Balaban J connectivity index is 1.83. The minimum atomic E-state index is 0.774. The maximum Gasteiger partial charge on any atom is 0.125 e. The zero-order valence-electron chi connectivity index (χ0n) is 10.2. The van der Waals surface area contributed by atoms with Gasteiger partial charge in [0, 0.05) is 43.5 Å². The molecule has 0 bridgehead atoms. The highest BCUT2D eigenvalue weighted by atomic mass is 16.5.